The van der Waals surface area contributed by atoms with E-state index in [0.29, 0.717) is 5.56 Å². The largest absolute Gasteiger partial charge is 0.295 e. The van der Waals surface area contributed by atoms with E-state index in [9.17, 15) is 4.79 Å². The maximum absolute atomic E-state index is 11.2. The maximum Gasteiger partial charge on any atom is 0.159 e. The summed E-state index contributed by atoms with van der Waals surface area (Å²) in [5.74, 6) is -0.201. The fraction of sp³-hybridized carbons (Fsp3) is 0.182. The van der Waals surface area contributed by atoms with Crippen molar-refractivity contribution in [2.24, 2.45) is 10.2 Å². The molecule has 0 heterocycles. The van der Waals surface area contributed by atoms with Crippen LogP contribution in [-0.2, 0) is 0 Å². The highest BCUT2D eigenvalue weighted by Gasteiger charge is 2.12. The zero-order valence-corrected chi connectivity index (χ0v) is 8.85. The molecule has 0 radical (unpaired) electrons. The third-order valence-electron chi connectivity index (χ3n) is 1.96. The van der Waals surface area contributed by atoms with Gasteiger partial charge in [-0.15, -0.1) is 0 Å². The van der Waals surface area contributed by atoms with Gasteiger partial charge in [0.1, 0.15) is 17.8 Å². The van der Waals surface area contributed by atoms with Gasteiger partial charge >= 0.3 is 0 Å². The van der Waals surface area contributed by atoms with E-state index in [1.807, 2.05) is 12.1 Å². The summed E-state index contributed by atoms with van der Waals surface area (Å²) in [4.78, 5) is 11.2. The highest BCUT2D eigenvalue weighted by molar-refractivity contribution is 5.95. The number of hydrogen-bond donors (Lipinski definition) is 0. The molecule has 1 aromatic rings. The van der Waals surface area contributed by atoms with Gasteiger partial charge in [-0.05, 0) is 19.1 Å². The second-order valence-electron chi connectivity index (χ2n) is 3.00. The number of Topliss-reactive ketones (excluding diaryl/α,β-unsaturated/α-hetero) is 1. The SMILES string of the molecule is C/N=N/c1c(C#N)cc(C(C)=O)cc1C#N. The van der Waals surface area contributed by atoms with Crippen LogP contribution >= 0.6 is 0 Å². The van der Waals surface area contributed by atoms with Gasteiger partial charge in [0.05, 0.1) is 11.1 Å². The summed E-state index contributed by atoms with van der Waals surface area (Å²) in [5.41, 5.74) is 0.880. The molecule has 0 spiro atoms. The Kier molecular flexibility index (Phi) is 3.47. The van der Waals surface area contributed by atoms with E-state index in [-0.39, 0.29) is 22.6 Å². The number of azo groups is 1. The maximum atomic E-state index is 11.2. The molecular weight excluding hydrogens is 204 g/mol. The molecule has 1 rings (SSSR count). The first-order valence-electron chi connectivity index (χ1n) is 4.43. The molecule has 5 nitrogen and oxygen atoms in total. The van der Waals surface area contributed by atoms with Gasteiger partial charge in [-0.2, -0.15) is 20.8 Å². The van der Waals surface area contributed by atoms with Crippen molar-refractivity contribution >= 4 is 11.5 Å². The lowest BCUT2D eigenvalue weighted by atomic mass is 10.0. The first-order valence-corrected chi connectivity index (χ1v) is 4.43. The topological polar surface area (TPSA) is 89.4 Å². The molecule has 0 bridgehead atoms. The molecule has 0 aliphatic heterocycles. The average Bonchev–Trinajstić information content (AvgIpc) is 2.29. The van der Waals surface area contributed by atoms with Crippen LogP contribution in [0.15, 0.2) is 22.4 Å². The second-order valence-corrected chi connectivity index (χ2v) is 3.00. The Bertz CT molecular complexity index is 511. The summed E-state index contributed by atoms with van der Waals surface area (Å²) in [6, 6.07) is 6.61. The summed E-state index contributed by atoms with van der Waals surface area (Å²) >= 11 is 0. The third kappa shape index (κ3) is 2.10. The van der Waals surface area contributed by atoms with Crippen LogP contribution in [0.1, 0.15) is 28.4 Å². The van der Waals surface area contributed by atoms with E-state index < -0.39 is 0 Å². The van der Waals surface area contributed by atoms with Crippen LogP contribution in [0.2, 0.25) is 0 Å². The van der Waals surface area contributed by atoms with Crippen molar-refractivity contribution in [2.75, 3.05) is 7.05 Å². The molecule has 0 fully saturated rings. The van der Waals surface area contributed by atoms with Crippen LogP contribution in [0.3, 0.4) is 0 Å². The monoisotopic (exact) mass is 212 g/mol. The summed E-state index contributed by atoms with van der Waals surface area (Å²) in [6.45, 7) is 1.37. The van der Waals surface area contributed by atoms with Crippen LogP contribution in [0.5, 0.6) is 0 Å². The van der Waals surface area contributed by atoms with Crippen LogP contribution in [-0.4, -0.2) is 12.8 Å². The molecule has 0 saturated carbocycles. The minimum absolute atomic E-state index is 0.176. The number of hydrogen-bond acceptors (Lipinski definition) is 5. The van der Waals surface area contributed by atoms with Crippen molar-refractivity contribution in [1.82, 2.24) is 0 Å². The lowest BCUT2D eigenvalue weighted by Crippen LogP contribution is -1.95. The zero-order chi connectivity index (χ0) is 12.1. The van der Waals surface area contributed by atoms with E-state index in [2.05, 4.69) is 10.2 Å². The predicted octanol–water partition coefficient (Wildman–Crippen LogP) is 2.35. The van der Waals surface area contributed by atoms with E-state index in [4.69, 9.17) is 10.5 Å². The Hall–Kier alpha value is -2.53. The number of rotatable bonds is 2. The quantitative estimate of drug-likeness (QED) is 0.556. The van der Waals surface area contributed by atoms with Crippen LogP contribution in [0.4, 0.5) is 5.69 Å². The van der Waals surface area contributed by atoms with Crippen molar-refractivity contribution in [3.63, 3.8) is 0 Å². The van der Waals surface area contributed by atoms with E-state index in [1.165, 1.54) is 26.1 Å². The molecule has 0 aromatic heterocycles. The van der Waals surface area contributed by atoms with Gasteiger partial charge in [-0.3, -0.25) is 4.79 Å². The molecule has 0 saturated heterocycles. The highest BCUT2D eigenvalue weighted by Crippen LogP contribution is 2.26. The van der Waals surface area contributed by atoms with E-state index in [1.54, 1.807) is 0 Å². The van der Waals surface area contributed by atoms with Gasteiger partial charge in [-0.25, -0.2) is 0 Å². The Labute approximate surface area is 92.6 Å². The van der Waals surface area contributed by atoms with E-state index in [0.717, 1.165) is 0 Å². The fourth-order valence-corrected chi connectivity index (χ4v) is 1.22. The molecule has 78 valence electrons. The van der Waals surface area contributed by atoms with Crippen molar-refractivity contribution in [1.29, 1.82) is 10.5 Å². The summed E-state index contributed by atoms with van der Waals surface area (Å²) in [6.07, 6.45) is 0. The molecule has 0 N–H and O–H groups in total. The van der Waals surface area contributed by atoms with Gasteiger partial charge in [0, 0.05) is 12.6 Å². The number of nitriles is 2. The Morgan fingerprint density at radius 3 is 2.06 bits per heavy atom. The first kappa shape index (κ1) is 11.5. The summed E-state index contributed by atoms with van der Waals surface area (Å²) < 4.78 is 0. The van der Waals surface area contributed by atoms with Crippen molar-refractivity contribution in [3.8, 4) is 12.1 Å². The van der Waals surface area contributed by atoms with Gasteiger partial charge < -0.3 is 0 Å². The van der Waals surface area contributed by atoms with Gasteiger partial charge in [0.2, 0.25) is 0 Å². The van der Waals surface area contributed by atoms with Crippen LogP contribution in [0, 0.1) is 22.7 Å². The van der Waals surface area contributed by atoms with Gasteiger partial charge in [-0.1, -0.05) is 0 Å². The average molecular weight is 212 g/mol. The molecule has 0 aliphatic carbocycles. The number of nitrogens with zero attached hydrogens (tertiary/aromatic N) is 4. The third-order valence-corrected chi connectivity index (χ3v) is 1.96. The predicted molar refractivity (Wildman–Crippen MR) is 56.3 cm³/mol. The van der Waals surface area contributed by atoms with Crippen molar-refractivity contribution in [3.05, 3.63) is 28.8 Å². The highest BCUT2D eigenvalue weighted by atomic mass is 16.1. The van der Waals surface area contributed by atoms with Gasteiger partial charge in [0.25, 0.3) is 0 Å². The molecule has 16 heavy (non-hydrogen) atoms. The van der Waals surface area contributed by atoms with Gasteiger partial charge in [0.15, 0.2) is 5.78 Å². The first-order chi connectivity index (χ1) is 7.63. The van der Waals surface area contributed by atoms with Crippen molar-refractivity contribution < 1.29 is 4.79 Å². The van der Waals surface area contributed by atoms with E-state index >= 15 is 0 Å². The number of carbonyl (C=O) groups excluding carboxylic acids is 1. The normalized spacial score (nSPS) is 9.75. The summed E-state index contributed by atoms with van der Waals surface area (Å²) in [5, 5.41) is 25.1. The van der Waals surface area contributed by atoms with Crippen molar-refractivity contribution in [2.45, 2.75) is 6.92 Å². The summed E-state index contributed by atoms with van der Waals surface area (Å²) in [7, 11) is 1.45. The molecule has 1 aromatic carbocycles. The molecule has 0 amide bonds. The Morgan fingerprint density at radius 1 is 1.25 bits per heavy atom. The number of carbonyl (C=O) groups is 1. The second kappa shape index (κ2) is 4.81. The standard InChI is InChI=1S/C11H8N4O/c1-7(16)8-3-9(5-12)11(15-14-2)10(4-8)6-13/h3-4H,1-2H3/b15-14+. The smallest absolute Gasteiger partial charge is 0.159 e. The fourth-order valence-electron chi connectivity index (χ4n) is 1.22. The lowest BCUT2D eigenvalue weighted by molar-refractivity contribution is 0.101. The Morgan fingerprint density at radius 2 is 1.75 bits per heavy atom. The lowest BCUT2D eigenvalue weighted by Gasteiger charge is -2.02. The van der Waals surface area contributed by atoms with Crippen LogP contribution in [0.25, 0.3) is 0 Å². The molecule has 5 heteroatoms. The minimum Gasteiger partial charge on any atom is -0.295 e. The molecule has 0 unspecified atom stereocenters. The van der Waals surface area contributed by atoms with Crippen LogP contribution < -0.4 is 0 Å². The Balaban J connectivity index is 3.58. The molecule has 0 atom stereocenters. The minimum atomic E-state index is -0.201. The number of benzene rings is 1. The number of ketones is 1. The molecule has 0 aliphatic rings. The zero-order valence-electron chi connectivity index (χ0n) is 8.85. The molecular formula is C11H8N4O.